The number of carboxylic acid groups (broad SMARTS) is 1. The molecule has 0 spiro atoms. The SMILES string of the molecule is CC(C)(Sc1nc(CCOC2c3ccc(-c4ccccc4)c2c3Cl)cs1)C(=O)O. The van der Waals surface area contributed by atoms with Crippen LogP contribution in [-0.2, 0) is 16.0 Å². The number of benzene rings is 1. The fourth-order valence-electron chi connectivity index (χ4n) is 3.18. The number of ether oxygens (including phenoxy) is 1. The lowest BCUT2D eigenvalue weighted by atomic mass is 9.76. The summed E-state index contributed by atoms with van der Waals surface area (Å²) in [7, 11) is 0. The standard InChI is InChI=1S/C22H20ClNO3S2/c1-22(2,20(25)26)29-21-24-14(12-28-21)10-11-27-19-16-9-8-15(17(19)18(16)23)13-6-4-3-5-7-13/h3-9,12,19H,10-11H2,1-2H3,(H,25,26). The van der Waals surface area contributed by atoms with Gasteiger partial charge in [-0.25, -0.2) is 4.98 Å². The lowest BCUT2D eigenvalue weighted by Crippen LogP contribution is -2.32. The molecule has 0 saturated heterocycles. The van der Waals surface area contributed by atoms with Crippen LogP contribution in [0, 0.1) is 0 Å². The molecular weight excluding hydrogens is 426 g/mol. The maximum atomic E-state index is 11.3. The van der Waals surface area contributed by atoms with Gasteiger partial charge in [0.05, 0.1) is 17.3 Å². The monoisotopic (exact) mass is 445 g/mol. The Hall–Kier alpha value is -1.86. The van der Waals surface area contributed by atoms with E-state index in [4.69, 9.17) is 16.3 Å². The molecule has 4 nitrogen and oxygen atoms in total. The highest BCUT2D eigenvalue weighted by atomic mass is 35.5. The minimum absolute atomic E-state index is 0.0962. The molecular formula is C22H20ClNO3S2. The quantitative estimate of drug-likeness (QED) is 0.539. The van der Waals surface area contributed by atoms with E-state index < -0.39 is 10.7 Å². The molecule has 1 unspecified atom stereocenters. The van der Waals surface area contributed by atoms with Crippen LogP contribution in [0.5, 0.6) is 0 Å². The Morgan fingerprint density at radius 2 is 2.07 bits per heavy atom. The van der Waals surface area contributed by atoms with Gasteiger partial charge in [0.2, 0.25) is 0 Å². The third-order valence-electron chi connectivity index (χ3n) is 4.87. The molecule has 2 aliphatic carbocycles. The number of fused-ring (bicyclic) bond motifs is 2. The lowest BCUT2D eigenvalue weighted by molar-refractivity contribution is -0.138. The Morgan fingerprint density at radius 3 is 2.76 bits per heavy atom. The molecule has 4 rings (SSSR count). The second-order valence-electron chi connectivity index (χ2n) is 7.32. The summed E-state index contributed by atoms with van der Waals surface area (Å²) in [6.45, 7) is 3.89. The summed E-state index contributed by atoms with van der Waals surface area (Å²) >= 11 is 9.21. The fourth-order valence-corrected chi connectivity index (χ4v) is 5.77. The molecule has 2 bridgehead atoms. The Kier molecular flexibility index (Phi) is 5.71. The van der Waals surface area contributed by atoms with Crippen molar-refractivity contribution in [1.29, 1.82) is 0 Å². The number of aromatic nitrogens is 1. The maximum absolute atomic E-state index is 11.3. The van der Waals surface area contributed by atoms with E-state index in [1.807, 2.05) is 29.7 Å². The van der Waals surface area contributed by atoms with Crippen LogP contribution in [0.3, 0.4) is 0 Å². The van der Waals surface area contributed by atoms with Gasteiger partial charge < -0.3 is 9.84 Å². The van der Waals surface area contributed by atoms with Crippen LogP contribution >= 0.6 is 34.7 Å². The average Bonchev–Trinajstić information content (AvgIpc) is 3.14. The van der Waals surface area contributed by atoms with Gasteiger partial charge in [-0.1, -0.05) is 65.8 Å². The Balaban J connectivity index is 1.35. The van der Waals surface area contributed by atoms with Crippen molar-refractivity contribution in [2.45, 2.75) is 35.5 Å². The second kappa shape index (κ2) is 8.11. The highest BCUT2D eigenvalue weighted by Crippen LogP contribution is 2.49. The van der Waals surface area contributed by atoms with Gasteiger partial charge in [-0.2, -0.15) is 0 Å². The molecule has 0 amide bonds. The van der Waals surface area contributed by atoms with Crippen LogP contribution in [0.2, 0.25) is 0 Å². The topological polar surface area (TPSA) is 59.4 Å². The highest BCUT2D eigenvalue weighted by molar-refractivity contribution is 8.02. The highest BCUT2D eigenvalue weighted by Gasteiger charge is 2.39. The molecule has 29 heavy (non-hydrogen) atoms. The number of thioether (sulfide) groups is 1. The van der Waals surface area contributed by atoms with Crippen molar-refractivity contribution in [2.75, 3.05) is 6.61 Å². The number of nitrogens with zero attached hydrogens (tertiary/aromatic N) is 1. The van der Waals surface area contributed by atoms with E-state index in [-0.39, 0.29) is 6.10 Å². The number of halogens is 1. The number of carboxylic acids is 1. The van der Waals surface area contributed by atoms with Gasteiger partial charge in [0, 0.05) is 22.9 Å². The van der Waals surface area contributed by atoms with E-state index in [0.717, 1.165) is 37.3 Å². The van der Waals surface area contributed by atoms with E-state index in [2.05, 4.69) is 23.2 Å². The molecule has 0 radical (unpaired) electrons. The summed E-state index contributed by atoms with van der Waals surface area (Å²) in [6, 6.07) is 10.2. The Morgan fingerprint density at radius 1 is 1.31 bits per heavy atom. The first-order chi connectivity index (χ1) is 13.9. The van der Waals surface area contributed by atoms with Crippen LogP contribution in [0.15, 0.2) is 68.4 Å². The molecule has 0 aliphatic heterocycles. The molecule has 0 saturated carbocycles. The summed E-state index contributed by atoms with van der Waals surface area (Å²) in [5, 5.41) is 12.0. The second-order valence-corrected chi connectivity index (χ2v) is 10.4. The van der Waals surface area contributed by atoms with E-state index in [9.17, 15) is 9.90 Å². The predicted molar refractivity (Wildman–Crippen MR) is 119 cm³/mol. The van der Waals surface area contributed by atoms with Crippen molar-refractivity contribution in [1.82, 2.24) is 4.98 Å². The number of rotatable bonds is 8. The zero-order chi connectivity index (χ0) is 20.6. The van der Waals surface area contributed by atoms with Crippen molar-refractivity contribution in [3.8, 4) is 0 Å². The molecule has 150 valence electrons. The van der Waals surface area contributed by atoms with Gasteiger partial charge in [-0.15, -0.1) is 11.3 Å². The van der Waals surface area contributed by atoms with Gasteiger partial charge >= 0.3 is 5.97 Å². The van der Waals surface area contributed by atoms with Gasteiger partial charge in [0.15, 0.2) is 4.34 Å². The molecule has 2 aliphatic rings. The molecule has 2 aromatic rings. The summed E-state index contributed by atoms with van der Waals surface area (Å²) < 4.78 is 5.99. The number of allylic oxidation sites excluding steroid dienone is 2. The first kappa shape index (κ1) is 20.4. The summed E-state index contributed by atoms with van der Waals surface area (Å²) in [4.78, 5) is 15.8. The zero-order valence-corrected chi connectivity index (χ0v) is 18.4. The molecule has 1 aromatic carbocycles. The smallest absolute Gasteiger partial charge is 0.319 e. The van der Waals surface area contributed by atoms with Gasteiger partial charge in [0.1, 0.15) is 10.9 Å². The van der Waals surface area contributed by atoms with Crippen LogP contribution in [0.1, 0.15) is 25.1 Å². The van der Waals surface area contributed by atoms with E-state index in [1.54, 1.807) is 13.8 Å². The summed E-state index contributed by atoms with van der Waals surface area (Å²) in [6.07, 6.45) is 4.71. The molecule has 1 atom stereocenters. The number of hydrogen-bond donors (Lipinski definition) is 1. The summed E-state index contributed by atoms with van der Waals surface area (Å²) in [5.41, 5.74) is 5.23. The number of carbonyl (C=O) groups is 1. The number of hydrogen-bond acceptors (Lipinski definition) is 5. The normalized spacial score (nSPS) is 18.2. The maximum Gasteiger partial charge on any atom is 0.319 e. The van der Waals surface area contributed by atoms with Crippen molar-refractivity contribution < 1.29 is 14.6 Å². The first-order valence-electron chi connectivity index (χ1n) is 9.23. The van der Waals surface area contributed by atoms with Crippen molar-refractivity contribution in [2.24, 2.45) is 0 Å². The predicted octanol–water partition coefficient (Wildman–Crippen LogP) is 5.56. The largest absolute Gasteiger partial charge is 0.480 e. The third-order valence-corrected chi connectivity index (χ3v) is 7.46. The zero-order valence-electron chi connectivity index (χ0n) is 16.0. The Labute approximate surface area is 183 Å². The molecule has 7 heteroatoms. The Bertz CT molecular complexity index is 1040. The van der Waals surface area contributed by atoms with Crippen LogP contribution in [0.25, 0.3) is 5.57 Å². The van der Waals surface area contributed by atoms with Crippen molar-refractivity contribution >= 4 is 46.2 Å². The van der Waals surface area contributed by atoms with E-state index >= 15 is 0 Å². The summed E-state index contributed by atoms with van der Waals surface area (Å²) in [5.74, 6) is -0.847. The van der Waals surface area contributed by atoms with Crippen LogP contribution in [-0.4, -0.2) is 33.5 Å². The molecule has 1 heterocycles. The van der Waals surface area contributed by atoms with Gasteiger partial charge in [0.25, 0.3) is 0 Å². The lowest BCUT2D eigenvalue weighted by Gasteiger charge is -2.37. The van der Waals surface area contributed by atoms with Crippen molar-refractivity contribution in [3.63, 3.8) is 0 Å². The number of aliphatic carboxylic acids is 1. The van der Waals surface area contributed by atoms with Gasteiger partial charge in [-0.05, 0) is 25.0 Å². The minimum atomic E-state index is -0.898. The van der Waals surface area contributed by atoms with Crippen LogP contribution in [0.4, 0.5) is 0 Å². The molecule has 1 aromatic heterocycles. The first-order valence-corrected chi connectivity index (χ1v) is 11.3. The minimum Gasteiger partial charge on any atom is -0.480 e. The van der Waals surface area contributed by atoms with E-state index in [0.29, 0.717) is 13.0 Å². The fraction of sp³-hybridized carbons (Fsp3) is 0.273. The van der Waals surface area contributed by atoms with Crippen LogP contribution < -0.4 is 0 Å². The molecule has 1 N–H and O–H groups in total. The molecule has 0 fully saturated rings. The average molecular weight is 446 g/mol. The number of thiazole rings is 1. The van der Waals surface area contributed by atoms with E-state index in [1.165, 1.54) is 23.1 Å². The third kappa shape index (κ3) is 4.08. The van der Waals surface area contributed by atoms with Crippen molar-refractivity contribution in [3.05, 3.63) is 75.3 Å². The van der Waals surface area contributed by atoms with Gasteiger partial charge in [-0.3, -0.25) is 4.79 Å².